The largest absolute Gasteiger partial charge is 0.544 e. The zero-order valence-corrected chi connectivity index (χ0v) is 32.4. The summed E-state index contributed by atoms with van der Waals surface area (Å²) in [7, 11) is 5.38. The summed E-state index contributed by atoms with van der Waals surface area (Å²) in [6.45, 7) is 4.54. The summed E-state index contributed by atoms with van der Waals surface area (Å²) < 4.78 is 17.0. The molecule has 0 rings (SSSR count). The molecule has 0 aliphatic heterocycles. The van der Waals surface area contributed by atoms with Gasteiger partial charge in [-0.05, 0) is 51.4 Å². The van der Waals surface area contributed by atoms with Crippen LogP contribution in [0.4, 0.5) is 0 Å². The number of likely N-dealkylation sites (N-methyl/N-ethyl adjacent to an activating group) is 1. The van der Waals surface area contributed by atoms with Gasteiger partial charge in [-0.1, -0.05) is 122 Å². The molecule has 49 heavy (non-hydrogen) atoms. The fourth-order valence-electron chi connectivity index (χ4n) is 5.67. The Morgan fingerprint density at radius 3 is 1.59 bits per heavy atom. The van der Waals surface area contributed by atoms with Crippen LogP contribution in [0.15, 0.2) is 24.3 Å². The first-order valence-corrected chi connectivity index (χ1v) is 19.9. The summed E-state index contributed by atoms with van der Waals surface area (Å²) in [4.78, 5) is 36.5. The van der Waals surface area contributed by atoms with Gasteiger partial charge in [0, 0.05) is 19.3 Å². The maximum Gasteiger partial charge on any atom is 0.306 e. The van der Waals surface area contributed by atoms with E-state index in [9.17, 15) is 19.5 Å². The quantitative estimate of drug-likeness (QED) is 0.0283. The SMILES string of the molecule is CCCCC/C=C/CCC(=O)OCC(COCCC(C(=O)[O-])[N+](C)(C)C)OC(=O)CCCCCCC/C=C/CCCCCCCCCCC. The summed E-state index contributed by atoms with van der Waals surface area (Å²) in [6.07, 6.45) is 33.8. The molecule has 8 heteroatoms. The number of quaternary nitrogens is 1. The average Bonchev–Trinajstić information content (AvgIpc) is 3.05. The first kappa shape index (κ1) is 46.8. The summed E-state index contributed by atoms with van der Waals surface area (Å²) >= 11 is 0. The van der Waals surface area contributed by atoms with E-state index in [0.29, 0.717) is 12.8 Å². The molecule has 0 radical (unpaired) electrons. The van der Waals surface area contributed by atoms with E-state index in [1.54, 1.807) is 21.1 Å². The van der Waals surface area contributed by atoms with Crippen LogP contribution >= 0.6 is 0 Å². The van der Waals surface area contributed by atoms with Gasteiger partial charge in [-0.3, -0.25) is 9.59 Å². The molecule has 2 unspecified atom stereocenters. The van der Waals surface area contributed by atoms with Crippen LogP contribution in [0.5, 0.6) is 0 Å². The highest BCUT2D eigenvalue weighted by atomic mass is 16.6. The number of aliphatic carboxylic acids is 1. The predicted octanol–water partition coefficient (Wildman–Crippen LogP) is 8.80. The van der Waals surface area contributed by atoms with Crippen LogP contribution in [0.1, 0.15) is 168 Å². The molecule has 0 heterocycles. The van der Waals surface area contributed by atoms with Gasteiger partial charge in [0.15, 0.2) is 6.10 Å². The smallest absolute Gasteiger partial charge is 0.306 e. The van der Waals surface area contributed by atoms with Crippen molar-refractivity contribution >= 4 is 17.9 Å². The third kappa shape index (κ3) is 31.5. The number of unbranched alkanes of at least 4 members (excludes halogenated alkanes) is 17. The van der Waals surface area contributed by atoms with Gasteiger partial charge in [-0.2, -0.15) is 0 Å². The number of ether oxygens (including phenoxy) is 3. The van der Waals surface area contributed by atoms with Crippen molar-refractivity contribution in [2.45, 2.75) is 180 Å². The van der Waals surface area contributed by atoms with E-state index in [2.05, 4.69) is 32.1 Å². The molecule has 0 fully saturated rings. The lowest BCUT2D eigenvalue weighted by Crippen LogP contribution is -2.55. The van der Waals surface area contributed by atoms with Crippen LogP contribution in [-0.4, -0.2) is 75.5 Å². The van der Waals surface area contributed by atoms with Gasteiger partial charge < -0.3 is 28.6 Å². The minimum Gasteiger partial charge on any atom is -0.544 e. The van der Waals surface area contributed by atoms with Crippen LogP contribution in [0, 0.1) is 0 Å². The van der Waals surface area contributed by atoms with Crippen molar-refractivity contribution in [1.29, 1.82) is 0 Å². The molecule has 0 saturated heterocycles. The molecule has 0 aromatic rings. The molecule has 0 aliphatic rings. The first-order chi connectivity index (χ1) is 23.6. The molecule has 0 aliphatic carbocycles. The lowest BCUT2D eigenvalue weighted by Gasteiger charge is -2.34. The van der Waals surface area contributed by atoms with Crippen LogP contribution in [0.25, 0.3) is 0 Å². The highest BCUT2D eigenvalue weighted by Gasteiger charge is 2.25. The fourth-order valence-corrected chi connectivity index (χ4v) is 5.67. The van der Waals surface area contributed by atoms with Crippen molar-refractivity contribution in [2.24, 2.45) is 0 Å². The summed E-state index contributed by atoms with van der Waals surface area (Å²) in [5, 5.41) is 11.6. The predicted molar refractivity (Wildman–Crippen MR) is 199 cm³/mol. The van der Waals surface area contributed by atoms with Crippen LogP contribution in [0.2, 0.25) is 0 Å². The van der Waals surface area contributed by atoms with E-state index in [1.807, 2.05) is 6.08 Å². The van der Waals surface area contributed by atoms with E-state index < -0.39 is 18.1 Å². The molecular weight excluding hydrogens is 618 g/mol. The Morgan fingerprint density at radius 1 is 0.592 bits per heavy atom. The van der Waals surface area contributed by atoms with Crippen molar-refractivity contribution in [2.75, 3.05) is 41.0 Å². The Bertz CT molecular complexity index is 864. The Balaban J connectivity index is 4.32. The molecule has 0 spiro atoms. The number of hydrogen-bond acceptors (Lipinski definition) is 7. The Kier molecular flexibility index (Phi) is 31.5. The lowest BCUT2D eigenvalue weighted by atomic mass is 10.1. The Labute approximate surface area is 301 Å². The number of allylic oxidation sites excluding steroid dienone is 4. The van der Waals surface area contributed by atoms with Crippen molar-refractivity contribution in [3.8, 4) is 0 Å². The van der Waals surface area contributed by atoms with E-state index >= 15 is 0 Å². The topological polar surface area (TPSA) is 102 Å². The minimum absolute atomic E-state index is 0.0277. The molecule has 8 nitrogen and oxygen atoms in total. The summed E-state index contributed by atoms with van der Waals surface area (Å²) in [5.74, 6) is -1.81. The van der Waals surface area contributed by atoms with E-state index in [4.69, 9.17) is 14.2 Å². The molecule has 0 aromatic heterocycles. The number of carbonyl (C=O) groups is 3. The molecule has 0 amide bonds. The third-order valence-electron chi connectivity index (χ3n) is 8.82. The van der Waals surface area contributed by atoms with Gasteiger partial charge in [-0.25, -0.2) is 0 Å². The monoisotopic (exact) mass is 694 g/mol. The number of carboxylic acids is 1. The maximum atomic E-state index is 12.6. The summed E-state index contributed by atoms with van der Waals surface area (Å²) in [5.41, 5.74) is 0. The van der Waals surface area contributed by atoms with Crippen LogP contribution < -0.4 is 5.11 Å². The van der Waals surface area contributed by atoms with Crippen molar-refractivity contribution < 1.29 is 38.2 Å². The molecular formula is C41H75NO7. The van der Waals surface area contributed by atoms with Gasteiger partial charge in [0.2, 0.25) is 0 Å². The highest BCUT2D eigenvalue weighted by Crippen LogP contribution is 2.13. The normalized spacial score (nSPS) is 13.2. The fraction of sp³-hybridized carbons (Fsp3) is 0.829. The molecule has 0 N–H and O–H groups in total. The first-order valence-electron chi connectivity index (χ1n) is 19.9. The molecule has 2 atom stereocenters. The van der Waals surface area contributed by atoms with Gasteiger partial charge in [0.25, 0.3) is 0 Å². The van der Waals surface area contributed by atoms with Gasteiger partial charge in [-0.15, -0.1) is 0 Å². The third-order valence-corrected chi connectivity index (χ3v) is 8.82. The van der Waals surface area contributed by atoms with E-state index in [1.165, 1.54) is 83.5 Å². The molecule has 0 saturated carbocycles. The van der Waals surface area contributed by atoms with Crippen molar-refractivity contribution in [3.63, 3.8) is 0 Å². The highest BCUT2D eigenvalue weighted by molar-refractivity contribution is 5.70. The second-order valence-electron chi connectivity index (χ2n) is 14.5. The van der Waals surface area contributed by atoms with Crippen molar-refractivity contribution in [1.82, 2.24) is 0 Å². The maximum absolute atomic E-state index is 12.6. The average molecular weight is 694 g/mol. The standard InChI is InChI=1S/C41H75NO7/c1-6-8-10-12-14-15-16-17-18-19-20-21-22-23-24-26-28-30-32-40(44)49-37(35-47-34-33-38(41(45)46)42(3,4)5)36-48-39(43)31-29-27-25-13-11-9-7-2/h20-21,25,27,37-38H,6-19,22-24,26,28-36H2,1-5H3/b21-20+,27-25+. The minimum atomic E-state index is -1.13. The van der Waals surface area contributed by atoms with E-state index in [0.717, 1.165) is 44.9 Å². The number of esters is 2. The van der Waals surface area contributed by atoms with Gasteiger partial charge in [0.1, 0.15) is 12.6 Å². The van der Waals surface area contributed by atoms with Crippen LogP contribution in [-0.2, 0) is 28.6 Å². The zero-order valence-electron chi connectivity index (χ0n) is 32.4. The summed E-state index contributed by atoms with van der Waals surface area (Å²) in [6, 6.07) is -0.727. The Morgan fingerprint density at radius 2 is 1.06 bits per heavy atom. The Hall–Kier alpha value is -2.19. The second-order valence-corrected chi connectivity index (χ2v) is 14.5. The van der Waals surface area contributed by atoms with Gasteiger partial charge in [0.05, 0.1) is 40.3 Å². The van der Waals surface area contributed by atoms with E-state index in [-0.39, 0.29) is 49.1 Å². The number of nitrogens with zero attached hydrogens (tertiary/aromatic N) is 1. The number of rotatable bonds is 35. The number of carbonyl (C=O) groups excluding carboxylic acids is 3. The lowest BCUT2D eigenvalue weighted by molar-refractivity contribution is -0.889. The second kappa shape index (κ2) is 33.0. The molecule has 286 valence electrons. The van der Waals surface area contributed by atoms with Crippen LogP contribution in [0.3, 0.4) is 0 Å². The zero-order chi connectivity index (χ0) is 36.4. The number of carboxylic acid groups (broad SMARTS) is 1. The number of hydrogen-bond donors (Lipinski definition) is 0. The molecule has 0 bridgehead atoms. The van der Waals surface area contributed by atoms with Gasteiger partial charge >= 0.3 is 11.9 Å². The molecule has 0 aromatic carbocycles. The van der Waals surface area contributed by atoms with Crippen molar-refractivity contribution in [3.05, 3.63) is 24.3 Å².